The van der Waals surface area contributed by atoms with Crippen molar-refractivity contribution in [1.82, 2.24) is 5.43 Å². The van der Waals surface area contributed by atoms with Gasteiger partial charge in [0, 0.05) is 17.3 Å². The lowest BCUT2D eigenvalue weighted by Gasteiger charge is -2.08. The number of ether oxygens (including phenoxy) is 2. The second-order valence-electron chi connectivity index (χ2n) is 5.82. The summed E-state index contributed by atoms with van der Waals surface area (Å²) in [5.74, 6) is 1.06. The first-order valence-corrected chi connectivity index (χ1v) is 8.46. The second-order valence-corrected chi connectivity index (χ2v) is 5.82. The van der Waals surface area contributed by atoms with Gasteiger partial charge >= 0.3 is 0 Å². The van der Waals surface area contributed by atoms with Crippen LogP contribution in [0.2, 0.25) is 0 Å². The molecule has 3 rings (SSSR count). The van der Waals surface area contributed by atoms with Crippen molar-refractivity contribution in [2.24, 2.45) is 5.10 Å². The topological polar surface area (TPSA) is 72.0 Å². The summed E-state index contributed by atoms with van der Waals surface area (Å²) in [5, 5.41) is 9.35. The third-order valence-corrected chi connectivity index (χ3v) is 4.04. The molecule has 0 saturated carbocycles. The minimum Gasteiger partial charge on any atom is -0.497 e. The third kappa shape index (κ3) is 4.76. The van der Waals surface area contributed by atoms with Crippen LogP contribution >= 0.6 is 0 Å². The average molecular weight is 363 g/mol. The van der Waals surface area contributed by atoms with Crippen LogP contribution in [0, 0.1) is 0 Å². The van der Waals surface area contributed by atoms with E-state index in [1.807, 2.05) is 42.5 Å². The number of methoxy groups -OCH3 is 2. The molecular weight excluding hydrogens is 342 g/mol. The first kappa shape index (κ1) is 18.3. The molecule has 0 saturated heterocycles. The van der Waals surface area contributed by atoms with Crippen molar-refractivity contribution in [3.8, 4) is 11.5 Å². The van der Waals surface area contributed by atoms with E-state index in [-0.39, 0.29) is 12.5 Å². The predicted octanol–water partition coefficient (Wildman–Crippen LogP) is 3.42. The van der Waals surface area contributed by atoms with E-state index in [0.29, 0.717) is 11.5 Å². The van der Waals surface area contributed by atoms with Gasteiger partial charge in [0.15, 0.2) is 0 Å². The zero-order valence-electron chi connectivity index (χ0n) is 15.2. The van der Waals surface area contributed by atoms with Gasteiger partial charge in [-0.25, -0.2) is 5.43 Å². The molecule has 138 valence electrons. The van der Waals surface area contributed by atoms with Gasteiger partial charge in [-0.05, 0) is 35.0 Å². The van der Waals surface area contributed by atoms with Gasteiger partial charge in [-0.3, -0.25) is 4.79 Å². The summed E-state index contributed by atoms with van der Waals surface area (Å²) >= 11 is 0. The van der Waals surface area contributed by atoms with Gasteiger partial charge < -0.3 is 14.8 Å². The summed E-state index contributed by atoms with van der Waals surface area (Å²) in [6.07, 6.45) is 1.53. The van der Waals surface area contributed by atoms with Crippen molar-refractivity contribution in [1.29, 1.82) is 0 Å². The number of carbonyl (C=O) groups is 1. The Balaban J connectivity index is 1.55. The van der Waals surface area contributed by atoms with E-state index < -0.39 is 0 Å². The maximum atomic E-state index is 12.0. The fourth-order valence-electron chi connectivity index (χ4n) is 2.62. The highest BCUT2D eigenvalue weighted by molar-refractivity contribution is 5.88. The summed E-state index contributed by atoms with van der Waals surface area (Å²) in [6, 6.07) is 19.4. The highest BCUT2D eigenvalue weighted by atomic mass is 16.5. The summed E-state index contributed by atoms with van der Waals surface area (Å²) in [4.78, 5) is 12.0. The van der Waals surface area contributed by atoms with Gasteiger partial charge in [-0.15, -0.1) is 0 Å². The molecule has 6 heteroatoms. The van der Waals surface area contributed by atoms with Crippen LogP contribution in [0.5, 0.6) is 11.5 Å². The number of anilines is 1. The lowest BCUT2D eigenvalue weighted by molar-refractivity contribution is -0.119. The first-order chi connectivity index (χ1) is 13.2. The minimum atomic E-state index is -0.244. The van der Waals surface area contributed by atoms with Gasteiger partial charge in [0.25, 0.3) is 5.91 Å². The van der Waals surface area contributed by atoms with Crippen LogP contribution in [0.1, 0.15) is 5.56 Å². The smallest absolute Gasteiger partial charge is 0.259 e. The zero-order valence-corrected chi connectivity index (χ0v) is 15.2. The molecule has 0 radical (unpaired) electrons. The van der Waals surface area contributed by atoms with Crippen molar-refractivity contribution >= 4 is 28.6 Å². The van der Waals surface area contributed by atoms with Crippen molar-refractivity contribution in [2.45, 2.75) is 0 Å². The Morgan fingerprint density at radius 3 is 2.59 bits per heavy atom. The highest BCUT2D eigenvalue weighted by Crippen LogP contribution is 2.23. The van der Waals surface area contributed by atoms with Gasteiger partial charge in [0.1, 0.15) is 11.5 Å². The molecular formula is C21H21N3O3. The fraction of sp³-hybridized carbons (Fsp3) is 0.143. The molecule has 2 N–H and O–H groups in total. The van der Waals surface area contributed by atoms with Gasteiger partial charge in [0.2, 0.25) is 0 Å². The molecule has 3 aromatic carbocycles. The number of benzene rings is 3. The summed E-state index contributed by atoms with van der Waals surface area (Å²) in [5.41, 5.74) is 4.12. The normalized spacial score (nSPS) is 10.7. The van der Waals surface area contributed by atoms with Crippen LogP contribution in [-0.4, -0.2) is 32.9 Å². The van der Waals surface area contributed by atoms with E-state index in [2.05, 4.69) is 15.8 Å². The van der Waals surface area contributed by atoms with Crippen LogP contribution in [0.4, 0.5) is 5.69 Å². The average Bonchev–Trinajstić information content (AvgIpc) is 2.72. The SMILES string of the molecule is COc1ccc(/C=N/NC(=O)CNc2ccc3ccccc3c2)c(OC)c1. The standard InChI is InChI=1S/C21H21N3O3/c1-26-19-10-8-17(20(12-19)27-2)13-23-24-21(25)14-22-18-9-7-15-5-3-4-6-16(15)11-18/h3-13,22H,14H2,1-2H3,(H,24,25)/b23-13+. The summed E-state index contributed by atoms with van der Waals surface area (Å²) in [6.45, 7) is 0.120. The third-order valence-electron chi connectivity index (χ3n) is 4.04. The molecule has 0 aliphatic heterocycles. The molecule has 3 aromatic rings. The first-order valence-electron chi connectivity index (χ1n) is 8.46. The van der Waals surface area contributed by atoms with Gasteiger partial charge in [-0.1, -0.05) is 30.3 Å². The van der Waals surface area contributed by atoms with Crippen LogP contribution < -0.4 is 20.2 Å². The molecule has 0 fully saturated rings. The molecule has 0 unspecified atom stereocenters. The number of fused-ring (bicyclic) bond motifs is 1. The molecule has 0 spiro atoms. The highest BCUT2D eigenvalue weighted by Gasteiger charge is 2.04. The van der Waals surface area contributed by atoms with E-state index >= 15 is 0 Å². The monoisotopic (exact) mass is 363 g/mol. The Morgan fingerprint density at radius 2 is 1.81 bits per heavy atom. The Labute approximate surface area is 157 Å². The number of nitrogens with zero attached hydrogens (tertiary/aromatic N) is 1. The molecule has 0 aromatic heterocycles. The molecule has 0 bridgehead atoms. The Morgan fingerprint density at radius 1 is 1.00 bits per heavy atom. The van der Waals surface area contributed by atoms with Crippen LogP contribution in [0.3, 0.4) is 0 Å². The zero-order chi connectivity index (χ0) is 19.1. The number of amides is 1. The quantitative estimate of drug-likeness (QED) is 0.498. The van der Waals surface area contributed by atoms with E-state index in [4.69, 9.17) is 9.47 Å². The maximum absolute atomic E-state index is 12.0. The molecule has 0 heterocycles. The second kappa shape index (κ2) is 8.71. The largest absolute Gasteiger partial charge is 0.497 e. The number of hydrogen-bond donors (Lipinski definition) is 2. The molecule has 0 aliphatic rings. The van der Waals surface area contributed by atoms with Gasteiger partial charge in [0.05, 0.1) is 27.0 Å². The van der Waals surface area contributed by atoms with Crippen LogP contribution in [-0.2, 0) is 4.79 Å². The van der Waals surface area contributed by atoms with E-state index in [1.54, 1.807) is 32.4 Å². The fourth-order valence-corrected chi connectivity index (χ4v) is 2.62. The lowest BCUT2D eigenvalue weighted by atomic mass is 10.1. The lowest BCUT2D eigenvalue weighted by Crippen LogP contribution is -2.25. The molecule has 1 amide bonds. The van der Waals surface area contributed by atoms with Crippen molar-refractivity contribution in [3.63, 3.8) is 0 Å². The van der Waals surface area contributed by atoms with Crippen LogP contribution in [0.25, 0.3) is 10.8 Å². The van der Waals surface area contributed by atoms with E-state index in [9.17, 15) is 4.79 Å². The van der Waals surface area contributed by atoms with Gasteiger partial charge in [-0.2, -0.15) is 5.10 Å². The minimum absolute atomic E-state index is 0.120. The van der Waals surface area contributed by atoms with Crippen molar-refractivity contribution < 1.29 is 14.3 Å². The molecule has 6 nitrogen and oxygen atoms in total. The molecule has 0 atom stereocenters. The van der Waals surface area contributed by atoms with Crippen molar-refractivity contribution in [3.05, 3.63) is 66.2 Å². The Kier molecular flexibility index (Phi) is 5.89. The number of nitrogens with one attached hydrogen (secondary N) is 2. The molecule has 27 heavy (non-hydrogen) atoms. The van der Waals surface area contributed by atoms with E-state index in [1.165, 1.54) is 6.21 Å². The van der Waals surface area contributed by atoms with Crippen LogP contribution in [0.15, 0.2) is 65.8 Å². The number of rotatable bonds is 7. The summed E-state index contributed by atoms with van der Waals surface area (Å²) < 4.78 is 10.4. The van der Waals surface area contributed by atoms with E-state index in [0.717, 1.165) is 22.0 Å². The predicted molar refractivity (Wildman–Crippen MR) is 108 cm³/mol. The maximum Gasteiger partial charge on any atom is 0.259 e. The van der Waals surface area contributed by atoms with Crippen molar-refractivity contribution in [2.75, 3.05) is 26.1 Å². The summed E-state index contributed by atoms with van der Waals surface area (Å²) in [7, 11) is 3.16. The Hall–Kier alpha value is -3.54. The number of hydrogen-bond acceptors (Lipinski definition) is 5. The number of hydrazone groups is 1. The Bertz CT molecular complexity index is 970. The molecule has 0 aliphatic carbocycles. The number of carbonyl (C=O) groups excluding carboxylic acids is 1.